The van der Waals surface area contributed by atoms with E-state index in [9.17, 15) is 4.79 Å². The molecule has 2 aromatic carbocycles. The fraction of sp³-hybridized carbons (Fsp3) is 0.0526. The molecule has 2 heterocycles. The van der Waals surface area contributed by atoms with Gasteiger partial charge in [0.1, 0.15) is 6.33 Å². The molecule has 1 N–H and O–H groups in total. The van der Waals surface area contributed by atoms with Crippen LogP contribution in [0.15, 0.2) is 67.0 Å². The molecule has 0 saturated heterocycles. The summed E-state index contributed by atoms with van der Waals surface area (Å²) in [5, 5.41) is 2.93. The lowest BCUT2D eigenvalue weighted by Gasteiger charge is -2.07. The minimum Gasteiger partial charge on any atom is -0.321 e. The number of nitrogens with one attached hydrogen (secondary N) is 1. The highest BCUT2D eigenvalue weighted by Crippen LogP contribution is 2.21. The van der Waals surface area contributed by atoms with Gasteiger partial charge in [0.25, 0.3) is 5.91 Å². The summed E-state index contributed by atoms with van der Waals surface area (Å²) in [6.45, 7) is 1.99. The Hall–Kier alpha value is -2.92. The van der Waals surface area contributed by atoms with E-state index in [2.05, 4.69) is 10.3 Å². The van der Waals surface area contributed by atoms with Crippen molar-refractivity contribution in [3.63, 3.8) is 0 Å². The van der Waals surface area contributed by atoms with Crippen LogP contribution in [0.4, 0.5) is 5.69 Å². The molecule has 0 aliphatic carbocycles. The van der Waals surface area contributed by atoms with Gasteiger partial charge < -0.3 is 5.32 Å². The first-order valence-electron chi connectivity index (χ1n) is 7.61. The van der Waals surface area contributed by atoms with E-state index in [1.54, 1.807) is 0 Å². The molecular weight excluding hydrogens is 318 g/mol. The zero-order chi connectivity index (χ0) is 16.5. The summed E-state index contributed by atoms with van der Waals surface area (Å²) in [4.78, 5) is 18.4. The maximum Gasteiger partial charge on any atom is 0.265 e. The van der Waals surface area contributed by atoms with Gasteiger partial charge in [-0.25, -0.2) is 4.98 Å². The number of fused-ring (bicyclic) bond motifs is 1. The number of imidazole rings is 1. The smallest absolute Gasteiger partial charge is 0.265 e. The van der Waals surface area contributed by atoms with Crippen molar-refractivity contribution < 1.29 is 4.79 Å². The van der Waals surface area contributed by atoms with Crippen LogP contribution in [0.5, 0.6) is 0 Å². The molecule has 2 aromatic heterocycles. The second kappa shape index (κ2) is 5.94. The van der Waals surface area contributed by atoms with Gasteiger partial charge in [0.05, 0.1) is 15.9 Å². The van der Waals surface area contributed by atoms with Crippen LogP contribution in [0.2, 0.25) is 0 Å². The number of hydrogen-bond acceptors (Lipinski definition) is 3. The predicted octanol–water partition coefficient (Wildman–Crippen LogP) is 4.65. The van der Waals surface area contributed by atoms with Gasteiger partial charge in [0.2, 0.25) is 0 Å². The van der Waals surface area contributed by atoms with Crippen LogP contribution in [-0.4, -0.2) is 15.5 Å². The van der Waals surface area contributed by atoms with Gasteiger partial charge in [-0.1, -0.05) is 12.1 Å². The van der Waals surface area contributed by atoms with E-state index in [0.29, 0.717) is 0 Å². The van der Waals surface area contributed by atoms with Crippen molar-refractivity contribution in [2.45, 2.75) is 6.92 Å². The summed E-state index contributed by atoms with van der Waals surface area (Å²) >= 11 is 1.49. The van der Waals surface area contributed by atoms with Crippen molar-refractivity contribution >= 4 is 34.0 Å². The Morgan fingerprint density at radius 2 is 1.83 bits per heavy atom. The van der Waals surface area contributed by atoms with E-state index >= 15 is 0 Å². The average Bonchev–Trinajstić information content (AvgIpc) is 3.22. The molecule has 0 spiro atoms. The third-order valence-corrected chi connectivity index (χ3v) is 4.82. The third kappa shape index (κ3) is 2.70. The van der Waals surface area contributed by atoms with E-state index < -0.39 is 0 Å². The first-order chi connectivity index (χ1) is 11.7. The topological polar surface area (TPSA) is 46.9 Å². The van der Waals surface area contributed by atoms with Crippen LogP contribution < -0.4 is 5.32 Å². The van der Waals surface area contributed by atoms with Crippen LogP contribution in [0.3, 0.4) is 0 Å². The van der Waals surface area contributed by atoms with Gasteiger partial charge in [-0.3, -0.25) is 9.36 Å². The van der Waals surface area contributed by atoms with Crippen molar-refractivity contribution in [2.75, 3.05) is 5.32 Å². The Morgan fingerprint density at radius 1 is 1.04 bits per heavy atom. The molecule has 4 rings (SSSR count). The van der Waals surface area contributed by atoms with E-state index in [-0.39, 0.29) is 5.91 Å². The maximum absolute atomic E-state index is 12.2. The summed E-state index contributed by atoms with van der Waals surface area (Å²) < 4.78 is 2.03. The van der Waals surface area contributed by atoms with Crippen LogP contribution >= 0.6 is 11.3 Å². The zero-order valence-electron chi connectivity index (χ0n) is 13.1. The molecule has 0 atom stereocenters. The molecule has 0 radical (unpaired) electrons. The lowest BCUT2D eigenvalue weighted by atomic mass is 10.2. The van der Waals surface area contributed by atoms with Gasteiger partial charge in [-0.05, 0) is 55.5 Å². The number of aryl methyl sites for hydroxylation is 1. The summed E-state index contributed by atoms with van der Waals surface area (Å²) in [5.41, 5.74) is 3.80. The number of amides is 1. The Balaban J connectivity index is 1.57. The number of thiophene rings is 1. The summed E-state index contributed by atoms with van der Waals surface area (Å²) in [7, 11) is 0. The molecule has 5 heteroatoms. The van der Waals surface area contributed by atoms with Crippen LogP contribution in [0.1, 0.15) is 14.5 Å². The number of para-hydroxylation sites is 2. The molecule has 0 unspecified atom stereocenters. The molecule has 4 aromatic rings. The second-order valence-electron chi connectivity index (χ2n) is 5.51. The molecule has 0 aliphatic heterocycles. The van der Waals surface area contributed by atoms with Crippen molar-refractivity contribution in [3.05, 3.63) is 76.7 Å². The van der Waals surface area contributed by atoms with Gasteiger partial charge in [0.15, 0.2) is 0 Å². The predicted molar refractivity (Wildman–Crippen MR) is 98.1 cm³/mol. The lowest BCUT2D eigenvalue weighted by Crippen LogP contribution is -2.10. The van der Waals surface area contributed by atoms with E-state index in [1.807, 2.05) is 78.5 Å². The Kier molecular flexibility index (Phi) is 3.63. The Labute approximate surface area is 143 Å². The molecule has 1 amide bonds. The first-order valence-corrected chi connectivity index (χ1v) is 8.43. The van der Waals surface area contributed by atoms with Gasteiger partial charge in [-0.15, -0.1) is 11.3 Å². The molecule has 4 nitrogen and oxygen atoms in total. The number of carbonyl (C=O) groups is 1. The number of anilines is 1. The van der Waals surface area contributed by atoms with E-state index in [1.165, 1.54) is 11.3 Å². The standard InChI is InChI=1S/C19H15N3OS/c1-13-6-11-18(24-13)19(23)21-14-7-9-15(10-8-14)22-12-20-16-4-2-3-5-17(16)22/h2-12H,1H3,(H,21,23). The fourth-order valence-corrected chi connectivity index (χ4v) is 3.38. The SMILES string of the molecule is Cc1ccc(C(=O)Nc2ccc(-n3cnc4ccccc43)cc2)s1. The summed E-state index contributed by atoms with van der Waals surface area (Å²) in [6, 6.07) is 19.6. The molecule has 0 saturated carbocycles. The summed E-state index contributed by atoms with van der Waals surface area (Å²) in [5.74, 6) is -0.0751. The number of nitrogens with zero attached hydrogens (tertiary/aromatic N) is 2. The molecule has 118 valence electrons. The number of rotatable bonds is 3. The van der Waals surface area contributed by atoms with Crippen molar-refractivity contribution in [1.29, 1.82) is 0 Å². The molecule has 0 aliphatic rings. The normalized spacial score (nSPS) is 10.9. The van der Waals surface area contributed by atoms with Crippen LogP contribution in [-0.2, 0) is 0 Å². The number of benzene rings is 2. The minimum atomic E-state index is -0.0751. The van der Waals surface area contributed by atoms with Crippen molar-refractivity contribution in [1.82, 2.24) is 9.55 Å². The highest BCUT2D eigenvalue weighted by molar-refractivity contribution is 7.14. The highest BCUT2D eigenvalue weighted by atomic mass is 32.1. The lowest BCUT2D eigenvalue weighted by molar-refractivity contribution is 0.103. The average molecular weight is 333 g/mol. The quantitative estimate of drug-likeness (QED) is 0.593. The molecule has 24 heavy (non-hydrogen) atoms. The van der Waals surface area contributed by atoms with E-state index in [4.69, 9.17) is 0 Å². The molecular formula is C19H15N3OS. The van der Waals surface area contributed by atoms with Crippen LogP contribution in [0, 0.1) is 6.92 Å². The van der Waals surface area contributed by atoms with Gasteiger partial charge in [0, 0.05) is 16.3 Å². The van der Waals surface area contributed by atoms with Crippen LogP contribution in [0.25, 0.3) is 16.7 Å². The largest absolute Gasteiger partial charge is 0.321 e. The summed E-state index contributed by atoms with van der Waals surface area (Å²) in [6.07, 6.45) is 1.81. The zero-order valence-corrected chi connectivity index (χ0v) is 13.9. The van der Waals surface area contributed by atoms with Gasteiger partial charge >= 0.3 is 0 Å². The third-order valence-electron chi connectivity index (χ3n) is 3.82. The number of aromatic nitrogens is 2. The van der Waals surface area contributed by atoms with E-state index in [0.717, 1.165) is 32.2 Å². The second-order valence-corrected chi connectivity index (χ2v) is 6.80. The van der Waals surface area contributed by atoms with Crippen molar-refractivity contribution in [2.24, 2.45) is 0 Å². The number of hydrogen-bond donors (Lipinski definition) is 1. The number of carbonyl (C=O) groups excluding carboxylic acids is 1. The minimum absolute atomic E-state index is 0.0751. The Morgan fingerprint density at radius 3 is 2.58 bits per heavy atom. The first kappa shape index (κ1) is 14.7. The van der Waals surface area contributed by atoms with Gasteiger partial charge in [-0.2, -0.15) is 0 Å². The highest BCUT2D eigenvalue weighted by Gasteiger charge is 2.09. The molecule has 0 bridgehead atoms. The monoisotopic (exact) mass is 333 g/mol. The maximum atomic E-state index is 12.2. The fourth-order valence-electron chi connectivity index (χ4n) is 2.62. The van der Waals surface area contributed by atoms with Crippen molar-refractivity contribution in [3.8, 4) is 5.69 Å². The Bertz CT molecular complexity index is 1010. The molecule has 0 fully saturated rings.